The highest BCUT2D eigenvalue weighted by Gasteiger charge is 2.05. The molecule has 0 spiro atoms. The lowest BCUT2D eigenvalue weighted by atomic mass is 10.1. The Hall–Kier alpha value is -1.06. The van der Waals surface area contributed by atoms with Crippen molar-refractivity contribution in [2.45, 2.75) is 19.4 Å². The number of aryl methyl sites for hydroxylation is 1. The van der Waals surface area contributed by atoms with Crippen LogP contribution >= 0.6 is 11.3 Å². The molecular weight excluding hydrogens is 216 g/mol. The molecule has 0 aromatic carbocycles. The lowest BCUT2D eigenvalue weighted by Gasteiger charge is -2.11. The van der Waals surface area contributed by atoms with Crippen LogP contribution in [0.3, 0.4) is 0 Å². The molecule has 0 fully saturated rings. The average Bonchev–Trinajstić information content (AvgIpc) is 2.90. The topological polar surface area (TPSA) is 17.0 Å². The maximum absolute atomic E-state index is 3.50. The van der Waals surface area contributed by atoms with E-state index < -0.39 is 0 Å². The number of hydrogen-bond acceptors (Lipinski definition) is 2. The number of aromatic nitrogens is 1. The Bertz CT molecular complexity index is 417. The van der Waals surface area contributed by atoms with Gasteiger partial charge in [-0.25, -0.2) is 0 Å². The van der Waals surface area contributed by atoms with Crippen LogP contribution in [0, 0.1) is 0 Å². The van der Waals surface area contributed by atoms with E-state index in [1.54, 1.807) is 11.3 Å². The van der Waals surface area contributed by atoms with Crippen molar-refractivity contribution >= 4 is 11.3 Å². The summed E-state index contributed by atoms with van der Waals surface area (Å²) in [5.74, 6) is 0.589. The summed E-state index contributed by atoms with van der Waals surface area (Å²) in [4.78, 5) is 0. The Morgan fingerprint density at radius 1 is 1.44 bits per heavy atom. The van der Waals surface area contributed by atoms with Gasteiger partial charge in [0, 0.05) is 32.0 Å². The van der Waals surface area contributed by atoms with E-state index in [1.807, 2.05) is 0 Å². The molecule has 3 heteroatoms. The molecule has 0 aliphatic heterocycles. The molecular formula is C13H18N2S. The molecule has 0 saturated carbocycles. The third-order valence-corrected chi connectivity index (χ3v) is 3.62. The van der Waals surface area contributed by atoms with Crippen LogP contribution in [-0.2, 0) is 13.6 Å². The summed E-state index contributed by atoms with van der Waals surface area (Å²) in [6, 6.07) is 6.45. The summed E-state index contributed by atoms with van der Waals surface area (Å²) in [5, 5.41) is 7.87. The Morgan fingerprint density at radius 3 is 2.94 bits per heavy atom. The van der Waals surface area contributed by atoms with Gasteiger partial charge in [-0.2, -0.15) is 11.3 Å². The zero-order valence-corrected chi connectivity index (χ0v) is 10.6. The quantitative estimate of drug-likeness (QED) is 0.841. The zero-order valence-electron chi connectivity index (χ0n) is 9.81. The second-order valence-electron chi connectivity index (χ2n) is 4.20. The second kappa shape index (κ2) is 5.32. The first-order valence-corrected chi connectivity index (χ1v) is 6.54. The van der Waals surface area contributed by atoms with Crippen molar-refractivity contribution in [2.75, 3.05) is 6.54 Å². The number of thiophene rings is 1. The molecule has 0 amide bonds. The first-order chi connectivity index (χ1) is 7.77. The van der Waals surface area contributed by atoms with E-state index in [0.717, 1.165) is 13.1 Å². The average molecular weight is 234 g/mol. The highest BCUT2D eigenvalue weighted by atomic mass is 32.1. The van der Waals surface area contributed by atoms with Crippen LogP contribution < -0.4 is 5.32 Å². The standard InChI is InChI=1S/C13H18N2S/c1-11(12-5-7-16-10-12)8-14-9-13-4-3-6-15(13)2/h3-7,10-11,14H,8-9H2,1-2H3. The third kappa shape index (κ3) is 2.74. The highest BCUT2D eigenvalue weighted by molar-refractivity contribution is 7.07. The van der Waals surface area contributed by atoms with Crippen LogP contribution in [0.4, 0.5) is 0 Å². The first kappa shape index (κ1) is 11.4. The molecule has 2 rings (SSSR count). The van der Waals surface area contributed by atoms with Crippen LogP contribution in [0.5, 0.6) is 0 Å². The van der Waals surface area contributed by atoms with Crippen molar-refractivity contribution in [3.8, 4) is 0 Å². The molecule has 2 aromatic heterocycles. The third-order valence-electron chi connectivity index (χ3n) is 2.92. The predicted octanol–water partition coefficient (Wildman–Crippen LogP) is 2.98. The van der Waals surface area contributed by atoms with Gasteiger partial charge in [0.2, 0.25) is 0 Å². The van der Waals surface area contributed by atoms with Crippen LogP contribution in [0.25, 0.3) is 0 Å². The fraction of sp³-hybridized carbons (Fsp3) is 0.385. The Labute approximate surface area is 101 Å². The maximum atomic E-state index is 3.50. The largest absolute Gasteiger partial charge is 0.353 e. The molecule has 2 nitrogen and oxygen atoms in total. The van der Waals surface area contributed by atoms with Crippen molar-refractivity contribution in [2.24, 2.45) is 7.05 Å². The minimum absolute atomic E-state index is 0.589. The number of nitrogens with one attached hydrogen (secondary N) is 1. The van der Waals surface area contributed by atoms with Crippen LogP contribution in [-0.4, -0.2) is 11.1 Å². The Balaban J connectivity index is 1.78. The molecule has 1 N–H and O–H groups in total. The molecule has 0 radical (unpaired) electrons. The molecule has 1 unspecified atom stereocenters. The summed E-state index contributed by atoms with van der Waals surface area (Å²) >= 11 is 1.77. The fourth-order valence-corrected chi connectivity index (χ4v) is 2.55. The maximum Gasteiger partial charge on any atom is 0.0359 e. The van der Waals surface area contributed by atoms with E-state index in [0.29, 0.717) is 5.92 Å². The van der Waals surface area contributed by atoms with Gasteiger partial charge in [-0.1, -0.05) is 6.92 Å². The van der Waals surface area contributed by atoms with Crippen molar-refractivity contribution in [3.63, 3.8) is 0 Å². The summed E-state index contributed by atoms with van der Waals surface area (Å²) in [7, 11) is 2.08. The predicted molar refractivity (Wildman–Crippen MR) is 69.9 cm³/mol. The molecule has 2 aromatic rings. The number of hydrogen-bond donors (Lipinski definition) is 1. The summed E-state index contributed by atoms with van der Waals surface area (Å²) in [6.07, 6.45) is 2.08. The van der Waals surface area contributed by atoms with Crippen LogP contribution in [0.1, 0.15) is 24.1 Å². The van der Waals surface area contributed by atoms with Gasteiger partial charge in [-0.05, 0) is 40.4 Å². The first-order valence-electron chi connectivity index (χ1n) is 5.60. The van der Waals surface area contributed by atoms with Gasteiger partial charge >= 0.3 is 0 Å². The van der Waals surface area contributed by atoms with Crippen molar-refractivity contribution in [1.82, 2.24) is 9.88 Å². The zero-order chi connectivity index (χ0) is 11.4. The molecule has 2 heterocycles. The van der Waals surface area contributed by atoms with E-state index in [-0.39, 0.29) is 0 Å². The SMILES string of the molecule is CC(CNCc1cccn1C)c1ccsc1. The molecule has 16 heavy (non-hydrogen) atoms. The minimum Gasteiger partial charge on any atom is -0.353 e. The number of nitrogens with zero attached hydrogens (tertiary/aromatic N) is 1. The Morgan fingerprint density at radius 2 is 2.31 bits per heavy atom. The van der Waals surface area contributed by atoms with Crippen molar-refractivity contribution < 1.29 is 0 Å². The van der Waals surface area contributed by atoms with Gasteiger partial charge in [0.25, 0.3) is 0 Å². The lowest BCUT2D eigenvalue weighted by Crippen LogP contribution is -2.20. The Kier molecular flexibility index (Phi) is 3.80. The van der Waals surface area contributed by atoms with Gasteiger partial charge in [-0.3, -0.25) is 0 Å². The molecule has 0 bridgehead atoms. The highest BCUT2D eigenvalue weighted by Crippen LogP contribution is 2.17. The van der Waals surface area contributed by atoms with E-state index in [2.05, 4.69) is 59.0 Å². The van der Waals surface area contributed by atoms with E-state index >= 15 is 0 Å². The van der Waals surface area contributed by atoms with Crippen molar-refractivity contribution in [3.05, 3.63) is 46.4 Å². The second-order valence-corrected chi connectivity index (χ2v) is 4.98. The summed E-state index contributed by atoms with van der Waals surface area (Å²) < 4.78 is 2.16. The van der Waals surface area contributed by atoms with Crippen LogP contribution in [0.15, 0.2) is 35.2 Å². The fourth-order valence-electron chi connectivity index (χ4n) is 1.77. The summed E-state index contributed by atoms with van der Waals surface area (Å²) in [6.45, 7) is 4.24. The monoisotopic (exact) mass is 234 g/mol. The van der Waals surface area contributed by atoms with Crippen molar-refractivity contribution in [1.29, 1.82) is 0 Å². The van der Waals surface area contributed by atoms with E-state index in [4.69, 9.17) is 0 Å². The number of rotatable bonds is 5. The molecule has 1 atom stereocenters. The summed E-state index contributed by atoms with van der Waals surface area (Å²) in [5.41, 5.74) is 2.77. The normalized spacial score (nSPS) is 12.9. The molecule has 0 saturated heterocycles. The molecule has 0 aliphatic rings. The van der Waals surface area contributed by atoms with E-state index in [1.165, 1.54) is 11.3 Å². The van der Waals surface area contributed by atoms with Crippen LogP contribution in [0.2, 0.25) is 0 Å². The molecule has 86 valence electrons. The smallest absolute Gasteiger partial charge is 0.0359 e. The molecule has 0 aliphatic carbocycles. The van der Waals surface area contributed by atoms with Gasteiger partial charge in [0.05, 0.1) is 0 Å². The van der Waals surface area contributed by atoms with Gasteiger partial charge in [-0.15, -0.1) is 0 Å². The van der Waals surface area contributed by atoms with Gasteiger partial charge < -0.3 is 9.88 Å². The van der Waals surface area contributed by atoms with Gasteiger partial charge in [0.15, 0.2) is 0 Å². The lowest BCUT2D eigenvalue weighted by molar-refractivity contribution is 0.598. The minimum atomic E-state index is 0.589. The van der Waals surface area contributed by atoms with Gasteiger partial charge in [0.1, 0.15) is 0 Å². The van der Waals surface area contributed by atoms with E-state index in [9.17, 15) is 0 Å².